The normalized spacial score (nSPS) is 11.0. The van der Waals surface area contributed by atoms with Gasteiger partial charge in [0, 0.05) is 24.0 Å². The lowest BCUT2D eigenvalue weighted by Crippen LogP contribution is -2.02. The highest BCUT2D eigenvalue weighted by Gasteiger charge is 2.09. The zero-order chi connectivity index (χ0) is 13.1. The third kappa shape index (κ3) is 2.35. The van der Waals surface area contributed by atoms with Gasteiger partial charge in [0.25, 0.3) is 0 Å². The maximum atomic E-state index is 5.67. The van der Waals surface area contributed by atoms with E-state index < -0.39 is 0 Å². The minimum Gasteiger partial charge on any atom is -0.330 e. The minimum absolute atomic E-state index is 0.650. The number of hydrogen-bond acceptors (Lipinski definition) is 3. The molecule has 0 radical (unpaired) electrons. The molecule has 3 aromatic heterocycles. The second-order valence-corrected chi connectivity index (χ2v) is 4.52. The van der Waals surface area contributed by atoms with Crippen LogP contribution in [-0.4, -0.2) is 21.1 Å². The SMILES string of the molecule is NCCc1cn(Cc2ccccn2)c2ncccc12. The van der Waals surface area contributed by atoms with Gasteiger partial charge in [0.15, 0.2) is 0 Å². The summed E-state index contributed by atoms with van der Waals surface area (Å²) in [5, 5.41) is 1.18. The Morgan fingerprint density at radius 3 is 2.74 bits per heavy atom. The molecule has 4 heteroatoms. The topological polar surface area (TPSA) is 56.7 Å². The summed E-state index contributed by atoms with van der Waals surface area (Å²) < 4.78 is 2.14. The molecule has 0 aromatic carbocycles. The Balaban J connectivity index is 2.03. The highest BCUT2D eigenvalue weighted by molar-refractivity contribution is 5.80. The zero-order valence-corrected chi connectivity index (χ0v) is 10.7. The summed E-state index contributed by atoms with van der Waals surface area (Å²) in [4.78, 5) is 8.84. The van der Waals surface area contributed by atoms with Crippen LogP contribution in [0.25, 0.3) is 11.0 Å². The molecule has 0 fully saturated rings. The standard InChI is InChI=1S/C15H16N4/c16-7-6-12-10-19(11-13-4-1-2-8-17-13)15-14(12)5-3-9-18-15/h1-5,8-10H,6-7,11,16H2. The molecule has 0 spiro atoms. The van der Waals surface area contributed by atoms with E-state index in [-0.39, 0.29) is 0 Å². The lowest BCUT2D eigenvalue weighted by molar-refractivity contribution is 0.792. The van der Waals surface area contributed by atoms with Gasteiger partial charge in [0.2, 0.25) is 0 Å². The van der Waals surface area contributed by atoms with Crippen molar-refractivity contribution in [2.75, 3.05) is 6.54 Å². The number of hydrogen-bond donors (Lipinski definition) is 1. The van der Waals surface area contributed by atoms with Crippen molar-refractivity contribution >= 4 is 11.0 Å². The zero-order valence-electron chi connectivity index (χ0n) is 10.7. The van der Waals surface area contributed by atoms with E-state index in [1.54, 1.807) is 0 Å². The number of nitrogens with two attached hydrogens (primary N) is 1. The molecule has 0 aliphatic heterocycles. The molecule has 0 amide bonds. The number of pyridine rings is 2. The van der Waals surface area contributed by atoms with Crippen LogP contribution in [-0.2, 0) is 13.0 Å². The summed E-state index contributed by atoms with van der Waals surface area (Å²) in [5.41, 5.74) is 8.95. The smallest absolute Gasteiger partial charge is 0.140 e. The van der Waals surface area contributed by atoms with Crippen LogP contribution in [0.3, 0.4) is 0 Å². The molecule has 0 saturated heterocycles. The van der Waals surface area contributed by atoms with Crippen molar-refractivity contribution in [3.63, 3.8) is 0 Å². The molecule has 3 rings (SSSR count). The van der Waals surface area contributed by atoms with Crippen molar-refractivity contribution < 1.29 is 0 Å². The summed E-state index contributed by atoms with van der Waals surface area (Å²) in [7, 11) is 0. The highest BCUT2D eigenvalue weighted by Crippen LogP contribution is 2.20. The quantitative estimate of drug-likeness (QED) is 0.772. The molecular formula is C15H16N4. The van der Waals surface area contributed by atoms with Crippen LogP contribution in [0.5, 0.6) is 0 Å². The van der Waals surface area contributed by atoms with Crippen LogP contribution in [0.1, 0.15) is 11.3 Å². The Kier molecular flexibility index (Phi) is 3.25. The van der Waals surface area contributed by atoms with Crippen molar-refractivity contribution in [3.8, 4) is 0 Å². The van der Waals surface area contributed by atoms with E-state index in [1.807, 2.05) is 36.7 Å². The maximum Gasteiger partial charge on any atom is 0.140 e. The second kappa shape index (κ2) is 5.20. The molecule has 0 saturated carbocycles. The van der Waals surface area contributed by atoms with Gasteiger partial charge in [-0.3, -0.25) is 4.98 Å². The monoisotopic (exact) mass is 252 g/mol. The predicted molar refractivity (Wildman–Crippen MR) is 75.8 cm³/mol. The Morgan fingerprint density at radius 1 is 1.05 bits per heavy atom. The Hall–Kier alpha value is -2.20. The largest absolute Gasteiger partial charge is 0.330 e. The van der Waals surface area contributed by atoms with Crippen LogP contribution in [0.2, 0.25) is 0 Å². The summed E-state index contributed by atoms with van der Waals surface area (Å²) in [6.45, 7) is 1.39. The molecule has 0 aliphatic rings. The van der Waals surface area contributed by atoms with Crippen molar-refractivity contribution in [2.24, 2.45) is 5.73 Å². The van der Waals surface area contributed by atoms with Crippen molar-refractivity contribution in [2.45, 2.75) is 13.0 Å². The van der Waals surface area contributed by atoms with E-state index in [1.165, 1.54) is 10.9 Å². The van der Waals surface area contributed by atoms with E-state index in [4.69, 9.17) is 5.73 Å². The van der Waals surface area contributed by atoms with Gasteiger partial charge >= 0.3 is 0 Å². The van der Waals surface area contributed by atoms with Crippen LogP contribution in [0.4, 0.5) is 0 Å². The molecule has 4 nitrogen and oxygen atoms in total. The van der Waals surface area contributed by atoms with E-state index in [2.05, 4.69) is 26.8 Å². The van der Waals surface area contributed by atoms with Gasteiger partial charge < -0.3 is 10.3 Å². The first-order valence-electron chi connectivity index (χ1n) is 6.41. The van der Waals surface area contributed by atoms with Gasteiger partial charge in [0.05, 0.1) is 12.2 Å². The number of aromatic nitrogens is 3. The lowest BCUT2D eigenvalue weighted by Gasteiger charge is -2.03. The van der Waals surface area contributed by atoms with Gasteiger partial charge in [0.1, 0.15) is 5.65 Å². The van der Waals surface area contributed by atoms with E-state index in [0.29, 0.717) is 6.54 Å². The van der Waals surface area contributed by atoms with Crippen LogP contribution < -0.4 is 5.73 Å². The highest BCUT2D eigenvalue weighted by atomic mass is 15.0. The predicted octanol–water partition coefficient (Wildman–Crippen LogP) is 1.98. The van der Waals surface area contributed by atoms with Crippen LogP contribution in [0.15, 0.2) is 48.9 Å². The fraction of sp³-hybridized carbons (Fsp3) is 0.200. The van der Waals surface area contributed by atoms with Gasteiger partial charge in [-0.15, -0.1) is 0 Å². The summed E-state index contributed by atoms with van der Waals surface area (Å²) >= 11 is 0. The van der Waals surface area contributed by atoms with Crippen molar-refractivity contribution in [3.05, 3.63) is 60.2 Å². The first-order valence-corrected chi connectivity index (χ1v) is 6.41. The molecule has 3 aromatic rings. The average Bonchev–Trinajstić information content (AvgIpc) is 2.79. The summed E-state index contributed by atoms with van der Waals surface area (Å²) in [5.74, 6) is 0. The van der Waals surface area contributed by atoms with Crippen molar-refractivity contribution in [1.82, 2.24) is 14.5 Å². The molecule has 0 atom stereocenters. The van der Waals surface area contributed by atoms with E-state index in [0.717, 1.165) is 24.3 Å². The molecule has 19 heavy (non-hydrogen) atoms. The lowest BCUT2D eigenvalue weighted by atomic mass is 10.2. The number of nitrogens with zero attached hydrogens (tertiary/aromatic N) is 3. The van der Waals surface area contributed by atoms with E-state index >= 15 is 0 Å². The molecule has 0 unspecified atom stereocenters. The molecule has 0 bridgehead atoms. The summed E-state index contributed by atoms with van der Waals surface area (Å²) in [6.07, 6.45) is 6.65. The first-order chi connectivity index (χ1) is 9.38. The van der Waals surface area contributed by atoms with Gasteiger partial charge in [-0.1, -0.05) is 6.07 Å². The Morgan fingerprint density at radius 2 is 1.95 bits per heavy atom. The molecule has 2 N–H and O–H groups in total. The minimum atomic E-state index is 0.650. The second-order valence-electron chi connectivity index (χ2n) is 4.52. The Bertz CT molecular complexity index is 673. The molecule has 96 valence electrons. The third-order valence-electron chi connectivity index (χ3n) is 3.19. The van der Waals surface area contributed by atoms with Crippen LogP contribution in [0, 0.1) is 0 Å². The number of fused-ring (bicyclic) bond motifs is 1. The van der Waals surface area contributed by atoms with Gasteiger partial charge in [-0.2, -0.15) is 0 Å². The van der Waals surface area contributed by atoms with Gasteiger partial charge in [-0.05, 0) is 42.8 Å². The maximum absolute atomic E-state index is 5.67. The fourth-order valence-electron chi connectivity index (χ4n) is 2.34. The van der Waals surface area contributed by atoms with E-state index in [9.17, 15) is 0 Å². The fourth-order valence-corrected chi connectivity index (χ4v) is 2.34. The molecule has 0 aliphatic carbocycles. The first kappa shape index (κ1) is 11.9. The number of rotatable bonds is 4. The van der Waals surface area contributed by atoms with Gasteiger partial charge in [-0.25, -0.2) is 4.98 Å². The average molecular weight is 252 g/mol. The Labute approximate surface area is 111 Å². The third-order valence-corrected chi connectivity index (χ3v) is 3.19. The van der Waals surface area contributed by atoms with Crippen molar-refractivity contribution in [1.29, 1.82) is 0 Å². The van der Waals surface area contributed by atoms with Crippen LogP contribution >= 0.6 is 0 Å². The molecule has 3 heterocycles. The summed E-state index contributed by atoms with van der Waals surface area (Å²) in [6, 6.07) is 10.0. The molecular weight excluding hydrogens is 236 g/mol.